The molecule has 1 atom stereocenters. The van der Waals surface area contributed by atoms with Crippen molar-refractivity contribution in [2.45, 2.75) is 31.2 Å². The Balaban J connectivity index is 1.94. The summed E-state index contributed by atoms with van der Waals surface area (Å²) in [6.45, 7) is 4.30. The minimum atomic E-state index is 0.152. The molecule has 0 saturated carbocycles. The third kappa shape index (κ3) is 4.27. The van der Waals surface area contributed by atoms with Crippen LogP contribution in [0.4, 0.5) is 0 Å². The van der Waals surface area contributed by atoms with Crippen LogP contribution in [0.5, 0.6) is 0 Å². The number of benzene rings is 2. The highest BCUT2D eigenvalue weighted by molar-refractivity contribution is 7.99. The van der Waals surface area contributed by atoms with Crippen molar-refractivity contribution in [2.24, 2.45) is 5.73 Å². The molecule has 0 aromatic heterocycles. The Kier molecular flexibility index (Phi) is 5.53. The fraction of sp³-hybridized carbons (Fsp3) is 0.294. The first kappa shape index (κ1) is 15.4. The van der Waals surface area contributed by atoms with E-state index >= 15 is 0 Å². The van der Waals surface area contributed by atoms with Crippen molar-refractivity contribution >= 4 is 23.4 Å². The minimum Gasteiger partial charge on any atom is -0.327 e. The molecular weight excluding hydrogens is 286 g/mol. The van der Waals surface area contributed by atoms with Crippen molar-refractivity contribution in [2.75, 3.05) is 5.75 Å². The fourth-order valence-corrected chi connectivity index (χ4v) is 3.42. The number of thioether (sulfide) groups is 1. The molecule has 0 aliphatic carbocycles. The second-order valence-corrected chi connectivity index (χ2v) is 6.63. The zero-order valence-corrected chi connectivity index (χ0v) is 13.5. The Morgan fingerprint density at radius 2 is 1.75 bits per heavy atom. The van der Waals surface area contributed by atoms with Crippen LogP contribution in [0.3, 0.4) is 0 Å². The van der Waals surface area contributed by atoms with Crippen molar-refractivity contribution in [1.29, 1.82) is 0 Å². The summed E-state index contributed by atoms with van der Waals surface area (Å²) in [6.07, 6.45) is 0.923. The largest absolute Gasteiger partial charge is 0.327 e. The van der Waals surface area contributed by atoms with Crippen molar-refractivity contribution in [1.82, 2.24) is 0 Å². The van der Waals surface area contributed by atoms with Gasteiger partial charge in [-0.15, -0.1) is 11.8 Å². The first-order valence-corrected chi connectivity index (χ1v) is 8.11. The molecule has 1 unspecified atom stereocenters. The predicted octanol–water partition coefficient (Wildman–Crippen LogP) is 4.62. The van der Waals surface area contributed by atoms with Gasteiger partial charge in [-0.1, -0.05) is 35.9 Å². The Labute approximate surface area is 130 Å². The molecule has 3 heteroatoms. The third-order valence-corrected chi connectivity index (χ3v) is 4.79. The average molecular weight is 306 g/mol. The van der Waals surface area contributed by atoms with Crippen LogP contribution in [-0.4, -0.2) is 11.8 Å². The summed E-state index contributed by atoms with van der Waals surface area (Å²) in [6, 6.07) is 14.5. The number of rotatable bonds is 5. The van der Waals surface area contributed by atoms with Crippen LogP contribution in [0.1, 0.15) is 16.7 Å². The maximum Gasteiger partial charge on any atom is 0.0417 e. The van der Waals surface area contributed by atoms with Gasteiger partial charge in [0.1, 0.15) is 0 Å². The van der Waals surface area contributed by atoms with Gasteiger partial charge in [-0.25, -0.2) is 0 Å². The van der Waals surface area contributed by atoms with Gasteiger partial charge in [0.15, 0.2) is 0 Å². The first-order chi connectivity index (χ1) is 9.56. The Hall–Kier alpha value is -0.960. The molecule has 0 aliphatic heterocycles. The highest BCUT2D eigenvalue weighted by atomic mass is 35.5. The van der Waals surface area contributed by atoms with Crippen molar-refractivity contribution in [3.63, 3.8) is 0 Å². The molecule has 0 radical (unpaired) electrons. The van der Waals surface area contributed by atoms with E-state index < -0.39 is 0 Å². The molecule has 20 heavy (non-hydrogen) atoms. The van der Waals surface area contributed by atoms with E-state index in [-0.39, 0.29) is 6.04 Å². The summed E-state index contributed by atoms with van der Waals surface area (Å²) in [7, 11) is 0. The van der Waals surface area contributed by atoms with Gasteiger partial charge in [0.2, 0.25) is 0 Å². The van der Waals surface area contributed by atoms with Gasteiger partial charge in [0.05, 0.1) is 0 Å². The molecular formula is C17H20ClNS. The van der Waals surface area contributed by atoms with E-state index in [1.165, 1.54) is 21.6 Å². The van der Waals surface area contributed by atoms with Crippen LogP contribution in [0.15, 0.2) is 47.4 Å². The van der Waals surface area contributed by atoms with Gasteiger partial charge in [0, 0.05) is 21.7 Å². The number of nitrogens with two attached hydrogens (primary N) is 1. The molecule has 0 fully saturated rings. The van der Waals surface area contributed by atoms with Crippen molar-refractivity contribution in [3.8, 4) is 0 Å². The molecule has 0 amide bonds. The second kappa shape index (κ2) is 7.16. The van der Waals surface area contributed by atoms with E-state index in [0.717, 1.165) is 17.2 Å². The van der Waals surface area contributed by atoms with E-state index in [1.807, 2.05) is 18.2 Å². The van der Waals surface area contributed by atoms with Gasteiger partial charge in [-0.3, -0.25) is 0 Å². The molecule has 0 bridgehead atoms. The fourth-order valence-electron chi connectivity index (χ4n) is 2.25. The normalized spacial score (nSPS) is 12.4. The van der Waals surface area contributed by atoms with Crippen molar-refractivity contribution < 1.29 is 0 Å². The van der Waals surface area contributed by atoms with Gasteiger partial charge < -0.3 is 5.73 Å². The van der Waals surface area contributed by atoms with Crippen LogP contribution in [-0.2, 0) is 6.42 Å². The maximum atomic E-state index is 6.28. The lowest BCUT2D eigenvalue weighted by Crippen LogP contribution is -2.26. The van der Waals surface area contributed by atoms with E-state index in [2.05, 4.69) is 38.1 Å². The molecule has 2 aromatic rings. The summed E-state index contributed by atoms with van der Waals surface area (Å²) in [5, 5.41) is 0.776. The quantitative estimate of drug-likeness (QED) is 0.816. The molecule has 2 aromatic carbocycles. The number of hydrogen-bond donors (Lipinski definition) is 1. The number of aryl methyl sites for hydroxylation is 2. The first-order valence-electron chi connectivity index (χ1n) is 6.75. The van der Waals surface area contributed by atoms with Gasteiger partial charge in [-0.05, 0) is 55.2 Å². The highest BCUT2D eigenvalue weighted by Crippen LogP contribution is 2.23. The van der Waals surface area contributed by atoms with E-state index in [9.17, 15) is 0 Å². The van der Waals surface area contributed by atoms with Gasteiger partial charge in [0.25, 0.3) is 0 Å². The maximum absolute atomic E-state index is 6.28. The van der Waals surface area contributed by atoms with Crippen LogP contribution >= 0.6 is 23.4 Å². The molecule has 0 aliphatic rings. The summed E-state index contributed by atoms with van der Waals surface area (Å²) in [4.78, 5) is 1.18. The van der Waals surface area contributed by atoms with Crippen molar-refractivity contribution in [3.05, 3.63) is 64.2 Å². The summed E-state index contributed by atoms with van der Waals surface area (Å²) in [5.74, 6) is 0.897. The lowest BCUT2D eigenvalue weighted by atomic mass is 9.97. The monoisotopic (exact) mass is 305 g/mol. The summed E-state index contributed by atoms with van der Waals surface area (Å²) >= 11 is 7.75. The predicted molar refractivity (Wildman–Crippen MR) is 89.8 cm³/mol. The summed E-state index contributed by atoms with van der Waals surface area (Å²) in [5.41, 5.74) is 10.3. The van der Waals surface area contributed by atoms with E-state index in [4.69, 9.17) is 17.3 Å². The van der Waals surface area contributed by atoms with Gasteiger partial charge >= 0.3 is 0 Å². The Morgan fingerprint density at radius 3 is 2.40 bits per heavy atom. The van der Waals surface area contributed by atoms with Crippen LogP contribution in [0.25, 0.3) is 0 Å². The third-order valence-electron chi connectivity index (χ3n) is 3.37. The van der Waals surface area contributed by atoms with E-state index in [1.54, 1.807) is 11.8 Å². The zero-order valence-electron chi connectivity index (χ0n) is 11.9. The van der Waals surface area contributed by atoms with Crippen LogP contribution in [0, 0.1) is 13.8 Å². The Bertz CT molecular complexity index is 563. The molecule has 2 rings (SSSR count). The minimum absolute atomic E-state index is 0.152. The number of halogens is 1. The lowest BCUT2D eigenvalue weighted by Gasteiger charge is -2.15. The topological polar surface area (TPSA) is 26.0 Å². The number of hydrogen-bond acceptors (Lipinski definition) is 2. The van der Waals surface area contributed by atoms with Gasteiger partial charge in [-0.2, -0.15) is 0 Å². The molecule has 1 nitrogen and oxygen atoms in total. The smallest absolute Gasteiger partial charge is 0.0417 e. The molecule has 0 spiro atoms. The molecule has 2 N–H and O–H groups in total. The molecule has 0 heterocycles. The van der Waals surface area contributed by atoms with Crippen LogP contribution < -0.4 is 5.73 Å². The van der Waals surface area contributed by atoms with E-state index in [0.29, 0.717) is 0 Å². The average Bonchev–Trinajstić information content (AvgIpc) is 2.41. The second-order valence-electron chi connectivity index (χ2n) is 5.10. The molecule has 106 valence electrons. The highest BCUT2D eigenvalue weighted by Gasteiger charge is 2.09. The van der Waals surface area contributed by atoms with Crippen LogP contribution in [0.2, 0.25) is 5.02 Å². The molecule has 0 saturated heterocycles. The summed E-state index contributed by atoms with van der Waals surface area (Å²) < 4.78 is 0. The standard InChI is InChI=1S/C17H20ClNS/c1-12-5-3-6-13(2)17(12)10-15(19)11-20-16-8-4-7-14(18)9-16/h3-9,15H,10-11,19H2,1-2H3. The zero-order chi connectivity index (χ0) is 14.5. The Morgan fingerprint density at radius 1 is 1.10 bits per heavy atom. The lowest BCUT2D eigenvalue weighted by molar-refractivity contribution is 0.741. The SMILES string of the molecule is Cc1cccc(C)c1CC(N)CSc1cccc(Cl)c1.